The normalized spacial score (nSPS) is 10.7. The predicted octanol–water partition coefficient (Wildman–Crippen LogP) is 4.31. The summed E-state index contributed by atoms with van der Waals surface area (Å²) in [6.07, 6.45) is 1.45. The van der Waals surface area contributed by atoms with Crippen LogP contribution < -0.4 is 24.3 Å². The van der Waals surface area contributed by atoms with Crippen LogP contribution in [0.25, 0.3) is 6.08 Å². The van der Waals surface area contributed by atoms with E-state index in [4.69, 9.17) is 30.5 Å². The molecule has 2 rings (SSSR count). The summed E-state index contributed by atoms with van der Waals surface area (Å²) in [6.45, 7) is 2.36. The number of hydrogen-bond acceptors (Lipinski definition) is 6. The molecule has 0 saturated heterocycles. The lowest BCUT2D eigenvalue weighted by atomic mass is 10.1. The number of anilines is 1. The molecule has 0 fully saturated rings. The SMILES string of the molecule is CCOc1ccc(/C=C(\C#N)C(=O)Nc2cc(OC)c(Cl)cc2OC)cc1OC. The van der Waals surface area contributed by atoms with Crippen LogP contribution in [-0.2, 0) is 4.79 Å². The summed E-state index contributed by atoms with van der Waals surface area (Å²) in [5, 5.41) is 12.4. The number of methoxy groups -OCH3 is 3. The number of nitrogens with zero attached hydrogens (tertiary/aromatic N) is 1. The number of nitrogens with one attached hydrogen (secondary N) is 1. The monoisotopic (exact) mass is 416 g/mol. The smallest absolute Gasteiger partial charge is 0.266 e. The van der Waals surface area contributed by atoms with Crippen molar-refractivity contribution < 1.29 is 23.7 Å². The molecular formula is C21H21ClN2O5. The maximum absolute atomic E-state index is 12.6. The van der Waals surface area contributed by atoms with Gasteiger partial charge in [-0.1, -0.05) is 17.7 Å². The minimum absolute atomic E-state index is 0.104. The van der Waals surface area contributed by atoms with E-state index in [2.05, 4.69) is 5.32 Å². The second-order valence-electron chi connectivity index (χ2n) is 5.65. The van der Waals surface area contributed by atoms with Crippen molar-refractivity contribution in [2.24, 2.45) is 0 Å². The average molecular weight is 417 g/mol. The summed E-state index contributed by atoms with van der Waals surface area (Å²) in [4.78, 5) is 12.6. The Morgan fingerprint density at radius 2 is 1.76 bits per heavy atom. The first-order valence-corrected chi connectivity index (χ1v) is 9.00. The predicted molar refractivity (Wildman–Crippen MR) is 111 cm³/mol. The van der Waals surface area contributed by atoms with Gasteiger partial charge in [-0.3, -0.25) is 4.79 Å². The van der Waals surface area contributed by atoms with Gasteiger partial charge in [0.05, 0.1) is 38.6 Å². The maximum atomic E-state index is 12.6. The molecule has 152 valence electrons. The van der Waals surface area contributed by atoms with Crippen LogP contribution in [0.3, 0.4) is 0 Å². The van der Waals surface area contributed by atoms with Crippen LogP contribution in [0.4, 0.5) is 5.69 Å². The number of ether oxygens (including phenoxy) is 4. The van der Waals surface area contributed by atoms with E-state index >= 15 is 0 Å². The molecule has 2 aromatic rings. The van der Waals surface area contributed by atoms with Crippen molar-refractivity contribution >= 4 is 29.3 Å². The molecule has 7 nitrogen and oxygen atoms in total. The molecule has 0 heterocycles. The summed E-state index contributed by atoms with van der Waals surface area (Å²) in [5.41, 5.74) is 0.828. The molecule has 0 atom stereocenters. The van der Waals surface area contributed by atoms with Crippen molar-refractivity contribution in [3.63, 3.8) is 0 Å². The van der Waals surface area contributed by atoms with Gasteiger partial charge >= 0.3 is 0 Å². The first-order valence-electron chi connectivity index (χ1n) is 8.62. The van der Waals surface area contributed by atoms with Gasteiger partial charge in [0, 0.05) is 12.1 Å². The number of rotatable bonds is 8. The highest BCUT2D eigenvalue weighted by Crippen LogP contribution is 2.36. The summed E-state index contributed by atoms with van der Waals surface area (Å²) in [7, 11) is 4.42. The Hall–Kier alpha value is -3.37. The zero-order valence-electron chi connectivity index (χ0n) is 16.5. The molecule has 29 heavy (non-hydrogen) atoms. The highest BCUT2D eigenvalue weighted by atomic mass is 35.5. The molecule has 0 aliphatic rings. The quantitative estimate of drug-likeness (QED) is 0.509. The van der Waals surface area contributed by atoms with Gasteiger partial charge in [0.15, 0.2) is 11.5 Å². The number of carbonyl (C=O) groups is 1. The Morgan fingerprint density at radius 1 is 1.07 bits per heavy atom. The van der Waals surface area contributed by atoms with Crippen LogP contribution in [0, 0.1) is 11.3 Å². The van der Waals surface area contributed by atoms with E-state index in [1.54, 1.807) is 18.2 Å². The van der Waals surface area contributed by atoms with Crippen LogP contribution in [0.15, 0.2) is 35.9 Å². The molecule has 8 heteroatoms. The second kappa shape index (κ2) is 10.2. The summed E-state index contributed by atoms with van der Waals surface area (Å²) in [6, 6.07) is 10.1. The zero-order chi connectivity index (χ0) is 21.4. The number of carbonyl (C=O) groups excluding carboxylic acids is 1. The van der Waals surface area contributed by atoms with Gasteiger partial charge in [-0.05, 0) is 30.7 Å². The molecule has 0 aliphatic heterocycles. The molecular weight excluding hydrogens is 396 g/mol. The Balaban J connectivity index is 2.33. The highest BCUT2D eigenvalue weighted by molar-refractivity contribution is 6.32. The number of benzene rings is 2. The Labute approximate surface area is 174 Å². The van der Waals surface area contributed by atoms with Gasteiger partial charge in [-0.25, -0.2) is 0 Å². The molecule has 0 bridgehead atoms. The van der Waals surface area contributed by atoms with Gasteiger partial charge in [0.1, 0.15) is 23.1 Å². The van der Waals surface area contributed by atoms with Gasteiger partial charge in [0.25, 0.3) is 5.91 Å². The minimum atomic E-state index is -0.608. The van der Waals surface area contributed by atoms with Crippen molar-refractivity contribution in [2.75, 3.05) is 33.3 Å². The molecule has 0 radical (unpaired) electrons. The molecule has 0 aromatic heterocycles. The summed E-state index contributed by atoms with van der Waals surface area (Å²) >= 11 is 6.07. The largest absolute Gasteiger partial charge is 0.495 e. The number of amides is 1. The van der Waals surface area contributed by atoms with E-state index in [1.165, 1.54) is 39.5 Å². The Kier molecular flexibility index (Phi) is 7.75. The molecule has 0 saturated carbocycles. The fourth-order valence-electron chi connectivity index (χ4n) is 2.51. The average Bonchev–Trinajstić information content (AvgIpc) is 2.73. The van der Waals surface area contributed by atoms with Gasteiger partial charge in [-0.2, -0.15) is 5.26 Å². The highest BCUT2D eigenvalue weighted by Gasteiger charge is 2.16. The molecule has 1 N–H and O–H groups in total. The zero-order valence-corrected chi connectivity index (χ0v) is 17.3. The minimum Gasteiger partial charge on any atom is -0.495 e. The van der Waals surface area contributed by atoms with E-state index in [0.717, 1.165) is 0 Å². The molecule has 0 spiro atoms. The lowest BCUT2D eigenvalue weighted by Gasteiger charge is -2.13. The molecule has 1 amide bonds. The van der Waals surface area contributed by atoms with E-state index < -0.39 is 5.91 Å². The van der Waals surface area contributed by atoms with E-state index in [-0.39, 0.29) is 5.57 Å². The fourth-order valence-corrected chi connectivity index (χ4v) is 2.74. The van der Waals surface area contributed by atoms with E-state index in [9.17, 15) is 10.1 Å². The third-order valence-corrected chi connectivity index (χ3v) is 4.18. The van der Waals surface area contributed by atoms with Crippen molar-refractivity contribution in [3.8, 4) is 29.1 Å². The van der Waals surface area contributed by atoms with Crippen molar-refractivity contribution in [1.82, 2.24) is 0 Å². The molecule has 2 aromatic carbocycles. The number of halogens is 1. The van der Waals surface area contributed by atoms with Crippen LogP contribution in [0.5, 0.6) is 23.0 Å². The van der Waals surface area contributed by atoms with Gasteiger partial charge in [-0.15, -0.1) is 0 Å². The third kappa shape index (κ3) is 5.33. The van der Waals surface area contributed by atoms with Crippen LogP contribution >= 0.6 is 11.6 Å². The Bertz CT molecular complexity index is 966. The third-order valence-electron chi connectivity index (χ3n) is 3.89. The van der Waals surface area contributed by atoms with Crippen LogP contribution in [0.2, 0.25) is 5.02 Å². The van der Waals surface area contributed by atoms with Crippen LogP contribution in [0.1, 0.15) is 12.5 Å². The summed E-state index contributed by atoms with van der Waals surface area (Å²) in [5.74, 6) is 1.17. The Morgan fingerprint density at radius 3 is 2.34 bits per heavy atom. The van der Waals surface area contributed by atoms with Crippen molar-refractivity contribution in [3.05, 3.63) is 46.5 Å². The fraction of sp³-hybridized carbons (Fsp3) is 0.238. The maximum Gasteiger partial charge on any atom is 0.266 e. The summed E-state index contributed by atoms with van der Waals surface area (Å²) < 4.78 is 21.2. The standard InChI is InChI=1S/C21H21ClN2O5/c1-5-29-17-7-6-13(9-20(17)28-4)8-14(12-23)21(25)24-16-11-18(26-2)15(22)10-19(16)27-3/h6-11H,5H2,1-4H3,(H,24,25)/b14-8+. The first-order chi connectivity index (χ1) is 14.0. The topological polar surface area (TPSA) is 89.8 Å². The van der Waals surface area contributed by atoms with Crippen LogP contribution in [-0.4, -0.2) is 33.8 Å². The van der Waals surface area contributed by atoms with E-state index in [0.29, 0.717) is 45.9 Å². The molecule has 0 unspecified atom stereocenters. The first kappa shape index (κ1) is 21.9. The lowest BCUT2D eigenvalue weighted by Crippen LogP contribution is -2.14. The molecule has 0 aliphatic carbocycles. The van der Waals surface area contributed by atoms with Crippen molar-refractivity contribution in [2.45, 2.75) is 6.92 Å². The van der Waals surface area contributed by atoms with Gasteiger partial charge < -0.3 is 24.3 Å². The van der Waals surface area contributed by atoms with Crippen molar-refractivity contribution in [1.29, 1.82) is 5.26 Å². The van der Waals surface area contributed by atoms with Gasteiger partial charge in [0.2, 0.25) is 0 Å². The lowest BCUT2D eigenvalue weighted by molar-refractivity contribution is -0.112. The number of hydrogen-bond donors (Lipinski definition) is 1. The second-order valence-corrected chi connectivity index (χ2v) is 6.06. The number of nitriles is 1. The van der Waals surface area contributed by atoms with E-state index in [1.807, 2.05) is 13.0 Å².